The Morgan fingerprint density at radius 2 is 1.77 bits per heavy atom. The minimum absolute atomic E-state index is 0.101. The van der Waals surface area contributed by atoms with Crippen molar-refractivity contribution in [1.82, 2.24) is 5.32 Å². The van der Waals surface area contributed by atoms with Crippen LogP contribution in [-0.4, -0.2) is 31.2 Å². The maximum absolute atomic E-state index is 12.6. The highest BCUT2D eigenvalue weighted by molar-refractivity contribution is 7.98. The number of carbonyl (C=O) groups is 2. The highest BCUT2D eigenvalue weighted by Gasteiger charge is 2.33. The molecular weight excluding hydrogens is 344 g/mol. The summed E-state index contributed by atoms with van der Waals surface area (Å²) in [5.74, 6) is 1.89. The molecule has 2 aromatic carbocycles. The van der Waals surface area contributed by atoms with Gasteiger partial charge in [0.25, 0.3) is 5.91 Å². The van der Waals surface area contributed by atoms with Gasteiger partial charge in [-0.1, -0.05) is 42.5 Å². The molecule has 1 N–H and O–H groups in total. The van der Waals surface area contributed by atoms with E-state index in [0.29, 0.717) is 17.8 Å². The molecule has 3 rings (SSSR count). The van der Waals surface area contributed by atoms with E-state index in [2.05, 4.69) is 17.4 Å². The molecule has 1 fully saturated rings. The first kappa shape index (κ1) is 18.5. The first-order valence-corrected chi connectivity index (χ1v) is 10.1. The molecule has 0 heterocycles. The number of para-hydroxylation sites is 1. The van der Waals surface area contributed by atoms with Crippen LogP contribution in [0.4, 0.5) is 5.69 Å². The molecule has 0 aromatic heterocycles. The zero-order chi connectivity index (χ0) is 18.4. The molecule has 0 aliphatic heterocycles. The lowest BCUT2D eigenvalue weighted by molar-refractivity contribution is -0.119. The van der Waals surface area contributed by atoms with Crippen LogP contribution in [0.1, 0.15) is 28.8 Å². The van der Waals surface area contributed by atoms with Crippen LogP contribution in [-0.2, 0) is 10.5 Å². The lowest BCUT2D eigenvalue weighted by Crippen LogP contribution is -2.32. The van der Waals surface area contributed by atoms with Crippen LogP contribution in [0.3, 0.4) is 0 Å². The van der Waals surface area contributed by atoms with Crippen molar-refractivity contribution in [1.29, 1.82) is 0 Å². The second-order valence-electron chi connectivity index (χ2n) is 6.48. The van der Waals surface area contributed by atoms with Crippen LogP contribution < -0.4 is 10.2 Å². The molecule has 0 saturated heterocycles. The number of carbonyl (C=O) groups excluding carboxylic acids is 2. The lowest BCUT2D eigenvalue weighted by atomic mass is 10.1. The van der Waals surface area contributed by atoms with Crippen LogP contribution in [0.25, 0.3) is 0 Å². The van der Waals surface area contributed by atoms with Crippen LogP contribution in [0.15, 0.2) is 54.6 Å². The third-order valence-corrected chi connectivity index (χ3v) is 5.44. The van der Waals surface area contributed by atoms with E-state index in [1.807, 2.05) is 36.4 Å². The topological polar surface area (TPSA) is 49.4 Å². The average Bonchev–Trinajstić information content (AvgIpc) is 3.52. The molecule has 0 unspecified atom stereocenters. The molecule has 26 heavy (non-hydrogen) atoms. The molecule has 1 saturated carbocycles. The van der Waals surface area contributed by atoms with Gasteiger partial charge in [-0.3, -0.25) is 9.59 Å². The maximum atomic E-state index is 12.6. The molecule has 1 aliphatic rings. The van der Waals surface area contributed by atoms with E-state index in [9.17, 15) is 9.59 Å². The number of nitrogens with one attached hydrogen (secondary N) is 1. The van der Waals surface area contributed by atoms with Crippen molar-refractivity contribution in [3.63, 3.8) is 0 Å². The summed E-state index contributed by atoms with van der Waals surface area (Å²) >= 11 is 1.79. The number of amides is 2. The number of benzene rings is 2. The van der Waals surface area contributed by atoms with E-state index in [1.165, 1.54) is 5.56 Å². The van der Waals surface area contributed by atoms with Crippen molar-refractivity contribution >= 4 is 29.3 Å². The predicted octanol–water partition coefficient (Wildman–Crippen LogP) is 3.72. The normalized spacial score (nSPS) is 13.3. The number of hydrogen-bond acceptors (Lipinski definition) is 3. The predicted molar refractivity (Wildman–Crippen MR) is 108 cm³/mol. The lowest BCUT2D eigenvalue weighted by Gasteiger charge is -2.20. The standard InChI is InChI=1S/C21H24N2O2S/c1-23(21(25)17-11-12-17)19-10-6-5-9-18(19)20(24)22-13-14-26-15-16-7-3-2-4-8-16/h2-10,17H,11-15H2,1H3,(H,22,24). The van der Waals surface area contributed by atoms with Crippen LogP contribution in [0, 0.1) is 5.92 Å². The van der Waals surface area contributed by atoms with Gasteiger partial charge in [0.2, 0.25) is 5.91 Å². The van der Waals surface area contributed by atoms with Gasteiger partial charge in [-0.2, -0.15) is 11.8 Å². The van der Waals surface area contributed by atoms with Gasteiger partial charge in [0, 0.05) is 31.0 Å². The zero-order valence-electron chi connectivity index (χ0n) is 15.0. The Morgan fingerprint density at radius 1 is 1.08 bits per heavy atom. The van der Waals surface area contributed by atoms with Crippen molar-refractivity contribution in [3.8, 4) is 0 Å². The van der Waals surface area contributed by atoms with E-state index in [4.69, 9.17) is 0 Å². The summed E-state index contributed by atoms with van der Waals surface area (Å²) in [7, 11) is 1.75. The van der Waals surface area contributed by atoms with E-state index in [1.54, 1.807) is 29.8 Å². The minimum atomic E-state index is -0.128. The Morgan fingerprint density at radius 3 is 2.50 bits per heavy atom. The van der Waals surface area contributed by atoms with E-state index < -0.39 is 0 Å². The quantitative estimate of drug-likeness (QED) is 0.723. The maximum Gasteiger partial charge on any atom is 0.253 e. The van der Waals surface area contributed by atoms with Gasteiger partial charge < -0.3 is 10.2 Å². The fourth-order valence-corrected chi connectivity index (χ4v) is 3.60. The van der Waals surface area contributed by atoms with E-state index in [-0.39, 0.29) is 17.7 Å². The third kappa shape index (κ3) is 4.88. The Balaban J connectivity index is 1.50. The first-order valence-electron chi connectivity index (χ1n) is 8.93. The number of rotatable bonds is 8. The smallest absolute Gasteiger partial charge is 0.253 e. The molecule has 136 valence electrons. The highest BCUT2D eigenvalue weighted by Crippen LogP contribution is 2.33. The SMILES string of the molecule is CN(C(=O)C1CC1)c1ccccc1C(=O)NCCSCc1ccccc1. The number of thioether (sulfide) groups is 1. The fraction of sp³-hybridized carbons (Fsp3) is 0.333. The third-order valence-electron chi connectivity index (χ3n) is 4.41. The molecule has 2 amide bonds. The summed E-state index contributed by atoms with van der Waals surface area (Å²) in [6.07, 6.45) is 1.91. The number of hydrogen-bond donors (Lipinski definition) is 1. The Bertz CT molecular complexity index is 760. The molecule has 0 spiro atoms. The van der Waals surface area contributed by atoms with Gasteiger partial charge in [-0.15, -0.1) is 0 Å². The second kappa shape index (κ2) is 8.90. The molecule has 0 bridgehead atoms. The summed E-state index contributed by atoms with van der Waals surface area (Å²) in [5.41, 5.74) is 2.52. The minimum Gasteiger partial charge on any atom is -0.351 e. The van der Waals surface area contributed by atoms with Gasteiger partial charge in [0.05, 0.1) is 11.3 Å². The van der Waals surface area contributed by atoms with Gasteiger partial charge >= 0.3 is 0 Å². The number of anilines is 1. The van der Waals surface area contributed by atoms with Gasteiger partial charge in [-0.05, 0) is 30.5 Å². The van der Waals surface area contributed by atoms with Crippen molar-refractivity contribution < 1.29 is 9.59 Å². The van der Waals surface area contributed by atoms with Gasteiger partial charge in [0.15, 0.2) is 0 Å². The highest BCUT2D eigenvalue weighted by atomic mass is 32.2. The van der Waals surface area contributed by atoms with Crippen molar-refractivity contribution in [2.75, 3.05) is 24.2 Å². The van der Waals surface area contributed by atoms with E-state index in [0.717, 1.165) is 24.3 Å². The van der Waals surface area contributed by atoms with Crippen molar-refractivity contribution in [2.24, 2.45) is 5.92 Å². The number of nitrogens with zero attached hydrogens (tertiary/aromatic N) is 1. The van der Waals surface area contributed by atoms with Crippen LogP contribution >= 0.6 is 11.8 Å². The largest absolute Gasteiger partial charge is 0.351 e. The van der Waals surface area contributed by atoms with Gasteiger partial charge in [0.1, 0.15) is 0 Å². The van der Waals surface area contributed by atoms with Crippen LogP contribution in [0.5, 0.6) is 0 Å². The monoisotopic (exact) mass is 368 g/mol. The Kier molecular flexibility index (Phi) is 6.34. The molecule has 0 radical (unpaired) electrons. The molecule has 1 aliphatic carbocycles. The summed E-state index contributed by atoms with van der Waals surface area (Å²) < 4.78 is 0. The summed E-state index contributed by atoms with van der Waals surface area (Å²) in [6, 6.07) is 17.6. The van der Waals surface area contributed by atoms with Crippen molar-refractivity contribution in [2.45, 2.75) is 18.6 Å². The molecule has 5 heteroatoms. The molecular formula is C21H24N2O2S. The molecule has 4 nitrogen and oxygen atoms in total. The van der Waals surface area contributed by atoms with Crippen LogP contribution in [0.2, 0.25) is 0 Å². The second-order valence-corrected chi connectivity index (χ2v) is 7.59. The summed E-state index contributed by atoms with van der Waals surface area (Å²) in [5, 5.41) is 2.97. The fourth-order valence-electron chi connectivity index (χ4n) is 2.78. The zero-order valence-corrected chi connectivity index (χ0v) is 15.8. The summed E-state index contributed by atoms with van der Waals surface area (Å²) in [4.78, 5) is 26.5. The summed E-state index contributed by atoms with van der Waals surface area (Å²) in [6.45, 7) is 0.602. The average molecular weight is 369 g/mol. The molecule has 2 aromatic rings. The van der Waals surface area contributed by atoms with Crippen molar-refractivity contribution in [3.05, 3.63) is 65.7 Å². The first-order chi connectivity index (χ1) is 12.7. The Labute approximate surface area is 159 Å². The molecule has 0 atom stereocenters. The van der Waals surface area contributed by atoms with Gasteiger partial charge in [-0.25, -0.2) is 0 Å². The van der Waals surface area contributed by atoms with E-state index >= 15 is 0 Å². The Hall–Kier alpha value is -2.27.